The van der Waals surface area contributed by atoms with Gasteiger partial charge in [0, 0.05) is 6.42 Å². The van der Waals surface area contributed by atoms with Gasteiger partial charge in [-0.1, -0.05) is 48.5 Å². The number of aromatic amines is 1. The second-order valence-electron chi connectivity index (χ2n) is 7.31. The maximum atomic E-state index is 13.8. The third-order valence-electron chi connectivity index (χ3n) is 5.11. The number of nitrogens with one attached hydrogen (secondary N) is 1. The van der Waals surface area contributed by atoms with Crippen LogP contribution in [-0.2, 0) is 20.8 Å². The molecule has 0 radical (unpaired) electrons. The zero-order valence-electron chi connectivity index (χ0n) is 17.0. The summed E-state index contributed by atoms with van der Waals surface area (Å²) in [7, 11) is 0. The maximum Gasteiger partial charge on any atom is 0.338 e. The van der Waals surface area contributed by atoms with Crippen molar-refractivity contribution in [1.82, 2.24) is 9.55 Å². The van der Waals surface area contributed by atoms with Crippen molar-refractivity contribution in [2.45, 2.75) is 31.5 Å². The Morgan fingerprint density at radius 1 is 1.09 bits per heavy atom. The lowest BCUT2D eigenvalue weighted by Gasteiger charge is -2.19. The van der Waals surface area contributed by atoms with Gasteiger partial charge in [-0.05, 0) is 17.7 Å². The summed E-state index contributed by atoms with van der Waals surface area (Å²) in [5.74, 6) is -1.62. The molecule has 2 heterocycles. The molecule has 1 aromatic heterocycles. The minimum Gasteiger partial charge on any atom is -0.459 e. The molecule has 8 nitrogen and oxygen atoms in total. The molecule has 1 fully saturated rings. The molecule has 166 valence electrons. The first-order valence-corrected chi connectivity index (χ1v) is 10.1. The molecule has 0 amide bonds. The number of halogens is 1. The van der Waals surface area contributed by atoms with Crippen molar-refractivity contribution in [3.05, 3.63) is 105 Å². The molecule has 1 unspecified atom stereocenters. The first-order valence-electron chi connectivity index (χ1n) is 10.1. The van der Waals surface area contributed by atoms with E-state index in [-0.39, 0.29) is 19.6 Å². The highest BCUT2D eigenvalue weighted by molar-refractivity contribution is 5.89. The van der Waals surface area contributed by atoms with Crippen molar-refractivity contribution in [3.8, 4) is 0 Å². The standard InChI is InChI=1S/C23H21FN2O6/c24-17-12-26(23(29)25-21(17)27)20-11-18(30-13-15-7-3-1-4-8-15)19(32-20)14-31-22(28)16-9-5-2-6-10-16/h1-10,12,18-20H,11,13-14H2,(H,25,27,29)/t18?,19-,20-/m0/s1. The average Bonchev–Trinajstić information content (AvgIpc) is 3.22. The number of H-pyrrole nitrogens is 1. The van der Waals surface area contributed by atoms with Crippen LogP contribution >= 0.6 is 0 Å². The van der Waals surface area contributed by atoms with Gasteiger partial charge in [0.15, 0.2) is 0 Å². The largest absolute Gasteiger partial charge is 0.459 e. The van der Waals surface area contributed by atoms with Gasteiger partial charge in [0.05, 0.1) is 24.5 Å². The van der Waals surface area contributed by atoms with Gasteiger partial charge in [-0.2, -0.15) is 4.39 Å². The lowest BCUT2D eigenvalue weighted by atomic mass is 10.1. The number of hydrogen-bond acceptors (Lipinski definition) is 6. The predicted molar refractivity (Wildman–Crippen MR) is 112 cm³/mol. The van der Waals surface area contributed by atoms with Crippen LogP contribution in [0.15, 0.2) is 76.4 Å². The van der Waals surface area contributed by atoms with Gasteiger partial charge >= 0.3 is 11.7 Å². The SMILES string of the molecule is O=C(OC[C@@H]1O[C@H](n2cc(F)c(=O)[nH]c2=O)CC1OCc1ccccc1)c1ccccc1. The molecule has 3 aromatic rings. The highest BCUT2D eigenvalue weighted by Gasteiger charge is 2.38. The molecule has 32 heavy (non-hydrogen) atoms. The molecule has 1 saturated heterocycles. The summed E-state index contributed by atoms with van der Waals surface area (Å²) in [4.78, 5) is 37.7. The molecule has 1 N–H and O–H groups in total. The van der Waals surface area contributed by atoms with Crippen molar-refractivity contribution >= 4 is 5.97 Å². The van der Waals surface area contributed by atoms with Crippen LogP contribution in [0, 0.1) is 5.82 Å². The Morgan fingerprint density at radius 2 is 1.78 bits per heavy atom. The van der Waals surface area contributed by atoms with Gasteiger partial charge in [-0.25, -0.2) is 9.59 Å². The monoisotopic (exact) mass is 440 g/mol. The number of carbonyl (C=O) groups is 1. The topological polar surface area (TPSA) is 99.6 Å². The van der Waals surface area contributed by atoms with E-state index in [9.17, 15) is 18.8 Å². The fourth-order valence-corrected chi connectivity index (χ4v) is 3.46. The van der Waals surface area contributed by atoms with Crippen molar-refractivity contribution in [2.75, 3.05) is 6.61 Å². The molecule has 4 rings (SSSR count). The molecular formula is C23H21FN2O6. The maximum absolute atomic E-state index is 13.8. The molecule has 9 heteroatoms. The first-order chi connectivity index (χ1) is 15.5. The number of rotatable bonds is 7. The minimum absolute atomic E-state index is 0.121. The lowest BCUT2D eigenvalue weighted by Crippen LogP contribution is -2.34. The highest BCUT2D eigenvalue weighted by atomic mass is 19.1. The van der Waals surface area contributed by atoms with Crippen molar-refractivity contribution in [2.24, 2.45) is 0 Å². The van der Waals surface area contributed by atoms with Crippen molar-refractivity contribution < 1.29 is 23.4 Å². The number of ether oxygens (including phenoxy) is 3. The second-order valence-corrected chi connectivity index (χ2v) is 7.31. The Hall–Kier alpha value is -3.56. The van der Waals surface area contributed by atoms with E-state index < -0.39 is 41.5 Å². The number of aromatic nitrogens is 2. The van der Waals surface area contributed by atoms with E-state index in [0.717, 1.165) is 16.3 Å². The van der Waals surface area contributed by atoms with Crippen LogP contribution in [0.2, 0.25) is 0 Å². The van der Waals surface area contributed by atoms with E-state index in [4.69, 9.17) is 14.2 Å². The smallest absolute Gasteiger partial charge is 0.338 e. The molecule has 0 bridgehead atoms. The Bertz CT molecular complexity index is 1180. The molecule has 0 aliphatic carbocycles. The van der Waals surface area contributed by atoms with E-state index in [2.05, 4.69) is 0 Å². The summed E-state index contributed by atoms with van der Waals surface area (Å²) in [6.45, 7) is 0.157. The number of esters is 1. The first kappa shape index (κ1) is 21.7. The Morgan fingerprint density at radius 3 is 2.50 bits per heavy atom. The third-order valence-corrected chi connectivity index (χ3v) is 5.11. The Balaban J connectivity index is 1.49. The quantitative estimate of drug-likeness (QED) is 0.567. The van der Waals surface area contributed by atoms with Gasteiger partial charge in [-0.15, -0.1) is 0 Å². The van der Waals surface area contributed by atoms with Crippen molar-refractivity contribution in [1.29, 1.82) is 0 Å². The summed E-state index contributed by atoms with van der Waals surface area (Å²) >= 11 is 0. The fraction of sp³-hybridized carbons (Fsp3) is 0.261. The summed E-state index contributed by atoms with van der Waals surface area (Å²) in [6.07, 6.45) is -1.12. The lowest BCUT2D eigenvalue weighted by molar-refractivity contribution is -0.0709. The number of hydrogen-bond donors (Lipinski definition) is 1. The summed E-state index contributed by atoms with van der Waals surface area (Å²) in [5.41, 5.74) is -0.578. The summed E-state index contributed by atoms with van der Waals surface area (Å²) in [5, 5.41) is 0. The van der Waals surface area contributed by atoms with E-state index in [0.29, 0.717) is 5.56 Å². The molecule has 3 atom stereocenters. The zero-order chi connectivity index (χ0) is 22.5. The van der Waals surface area contributed by atoms with E-state index >= 15 is 0 Å². The van der Waals surface area contributed by atoms with Crippen LogP contribution in [0.5, 0.6) is 0 Å². The average molecular weight is 440 g/mol. The molecule has 2 aromatic carbocycles. The number of benzene rings is 2. The van der Waals surface area contributed by atoms with Crippen LogP contribution in [0.1, 0.15) is 28.6 Å². The third kappa shape index (κ3) is 5.01. The predicted octanol–water partition coefficient (Wildman–Crippen LogP) is 2.41. The van der Waals surface area contributed by atoms with Gasteiger partial charge in [0.25, 0.3) is 5.56 Å². The fourth-order valence-electron chi connectivity index (χ4n) is 3.46. The van der Waals surface area contributed by atoms with E-state index in [1.807, 2.05) is 35.3 Å². The van der Waals surface area contributed by atoms with Crippen LogP contribution in [0.4, 0.5) is 4.39 Å². The normalized spacial score (nSPS) is 20.2. The van der Waals surface area contributed by atoms with Gasteiger partial charge in [0.2, 0.25) is 5.82 Å². The molecule has 0 spiro atoms. The molecular weight excluding hydrogens is 419 g/mol. The minimum atomic E-state index is -1.10. The summed E-state index contributed by atoms with van der Waals surface area (Å²) < 4.78 is 32.0. The number of carbonyl (C=O) groups excluding carboxylic acids is 1. The number of nitrogens with zero attached hydrogens (tertiary/aromatic N) is 1. The second kappa shape index (κ2) is 9.71. The van der Waals surface area contributed by atoms with E-state index in [1.165, 1.54) is 0 Å². The van der Waals surface area contributed by atoms with Gasteiger partial charge < -0.3 is 14.2 Å². The molecule has 0 saturated carbocycles. The Labute approximate surface area is 182 Å². The molecule has 1 aliphatic heterocycles. The van der Waals surface area contributed by atoms with E-state index in [1.54, 1.807) is 30.3 Å². The van der Waals surface area contributed by atoms with Crippen LogP contribution < -0.4 is 11.2 Å². The van der Waals surface area contributed by atoms with Gasteiger partial charge in [0.1, 0.15) is 18.9 Å². The van der Waals surface area contributed by atoms with Crippen LogP contribution in [-0.4, -0.2) is 34.3 Å². The van der Waals surface area contributed by atoms with Crippen LogP contribution in [0.25, 0.3) is 0 Å². The Kier molecular flexibility index (Phi) is 6.58. The van der Waals surface area contributed by atoms with Gasteiger partial charge in [-0.3, -0.25) is 14.3 Å². The highest BCUT2D eigenvalue weighted by Crippen LogP contribution is 2.31. The van der Waals surface area contributed by atoms with Crippen molar-refractivity contribution in [3.63, 3.8) is 0 Å². The summed E-state index contributed by atoms with van der Waals surface area (Å²) in [6, 6.07) is 18.0. The molecule has 1 aliphatic rings. The van der Waals surface area contributed by atoms with Crippen LogP contribution in [0.3, 0.4) is 0 Å². The zero-order valence-corrected chi connectivity index (χ0v) is 17.0.